The molecular formula is C18H16BrN3O3. The number of hydrogen-bond donors (Lipinski definition) is 1. The van der Waals surface area contributed by atoms with Gasteiger partial charge in [-0.15, -0.1) is 0 Å². The highest BCUT2D eigenvalue weighted by molar-refractivity contribution is 9.10. The van der Waals surface area contributed by atoms with Crippen molar-refractivity contribution in [2.75, 3.05) is 19.5 Å². The standard InChI is InChI=1S/C18H16BrN3O3/c1-24-16-6-3-11(7-14(16)18(23)25-2)9-20-17-13-8-12(19)4-5-15(13)21-10-22-17/h3-8,10H,9H2,1-2H3,(H,20,21,22). The Kier molecular flexibility index (Phi) is 5.14. The molecule has 0 fully saturated rings. The van der Waals surface area contributed by atoms with Crippen LogP contribution in [0.5, 0.6) is 5.75 Å². The summed E-state index contributed by atoms with van der Waals surface area (Å²) in [6, 6.07) is 11.2. The lowest BCUT2D eigenvalue weighted by atomic mass is 10.1. The number of anilines is 1. The summed E-state index contributed by atoms with van der Waals surface area (Å²) in [5.41, 5.74) is 2.15. The Balaban J connectivity index is 1.87. The minimum absolute atomic E-state index is 0.389. The van der Waals surface area contributed by atoms with Crippen LogP contribution in [0, 0.1) is 0 Å². The predicted molar refractivity (Wildman–Crippen MR) is 98.9 cm³/mol. The molecule has 6 nitrogen and oxygen atoms in total. The average molecular weight is 402 g/mol. The van der Waals surface area contributed by atoms with Gasteiger partial charge in [-0.3, -0.25) is 0 Å². The second kappa shape index (κ2) is 7.48. The lowest BCUT2D eigenvalue weighted by molar-refractivity contribution is 0.0597. The maximum absolute atomic E-state index is 11.9. The van der Waals surface area contributed by atoms with Gasteiger partial charge in [-0.25, -0.2) is 14.8 Å². The normalized spacial score (nSPS) is 10.5. The molecule has 0 radical (unpaired) electrons. The van der Waals surface area contributed by atoms with E-state index >= 15 is 0 Å². The van der Waals surface area contributed by atoms with Crippen molar-refractivity contribution in [3.63, 3.8) is 0 Å². The van der Waals surface area contributed by atoms with Crippen LogP contribution >= 0.6 is 15.9 Å². The van der Waals surface area contributed by atoms with Crippen LogP contribution in [0.15, 0.2) is 47.2 Å². The third-order valence-electron chi connectivity index (χ3n) is 3.73. The number of nitrogens with one attached hydrogen (secondary N) is 1. The molecule has 128 valence electrons. The van der Waals surface area contributed by atoms with Crippen LogP contribution in [-0.4, -0.2) is 30.2 Å². The first-order valence-electron chi connectivity index (χ1n) is 7.51. The Morgan fingerprint density at radius 3 is 2.76 bits per heavy atom. The molecule has 0 unspecified atom stereocenters. The van der Waals surface area contributed by atoms with E-state index in [1.807, 2.05) is 24.3 Å². The van der Waals surface area contributed by atoms with Gasteiger partial charge in [0.2, 0.25) is 0 Å². The topological polar surface area (TPSA) is 73.3 Å². The van der Waals surface area contributed by atoms with Gasteiger partial charge in [0.1, 0.15) is 23.5 Å². The fourth-order valence-electron chi connectivity index (χ4n) is 2.49. The van der Waals surface area contributed by atoms with Crippen molar-refractivity contribution in [1.82, 2.24) is 9.97 Å². The number of fused-ring (bicyclic) bond motifs is 1. The van der Waals surface area contributed by atoms with E-state index in [2.05, 4.69) is 31.2 Å². The largest absolute Gasteiger partial charge is 0.496 e. The SMILES string of the molecule is COC(=O)c1cc(CNc2ncnc3ccc(Br)cc23)ccc1OC. The molecule has 3 aromatic rings. The van der Waals surface area contributed by atoms with Crippen molar-refractivity contribution < 1.29 is 14.3 Å². The lowest BCUT2D eigenvalue weighted by Gasteiger charge is -2.11. The molecule has 0 amide bonds. The van der Waals surface area contributed by atoms with Gasteiger partial charge in [0.15, 0.2) is 0 Å². The van der Waals surface area contributed by atoms with Crippen LogP contribution in [0.3, 0.4) is 0 Å². The molecule has 1 N–H and O–H groups in total. The van der Waals surface area contributed by atoms with Gasteiger partial charge in [0, 0.05) is 16.4 Å². The number of nitrogens with zero attached hydrogens (tertiary/aromatic N) is 2. The number of ether oxygens (including phenoxy) is 2. The number of rotatable bonds is 5. The third kappa shape index (κ3) is 3.71. The first-order valence-corrected chi connectivity index (χ1v) is 8.31. The Bertz CT molecular complexity index is 931. The van der Waals surface area contributed by atoms with Gasteiger partial charge in [0.25, 0.3) is 0 Å². The van der Waals surface area contributed by atoms with Gasteiger partial charge in [-0.05, 0) is 35.9 Å². The van der Waals surface area contributed by atoms with E-state index in [-0.39, 0.29) is 0 Å². The number of halogens is 1. The minimum Gasteiger partial charge on any atom is -0.496 e. The van der Waals surface area contributed by atoms with E-state index in [9.17, 15) is 4.79 Å². The predicted octanol–water partition coefficient (Wildman–Crippen LogP) is 3.80. The summed E-state index contributed by atoms with van der Waals surface area (Å²) in [5.74, 6) is 0.767. The minimum atomic E-state index is -0.435. The molecule has 1 aromatic heterocycles. The maximum atomic E-state index is 11.9. The molecule has 0 aliphatic carbocycles. The van der Waals surface area contributed by atoms with Crippen LogP contribution in [0.1, 0.15) is 15.9 Å². The maximum Gasteiger partial charge on any atom is 0.341 e. The first-order chi connectivity index (χ1) is 12.1. The molecule has 0 aliphatic heterocycles. The number of aromatic nitrogens is 2. The number of carbonyl (C=O) groups is 1. The Labute approximate surface area is 153 Å². The van der Waals surface area contributed by atoms with Gasteiger partial charge in [-0.1, -0.05) is 22.0 Å². The van der Waals surface area contributed by atoms with E-state index in [1.54, 1.807) is 12.1 Å². The summed E-state index contributed by atoms with van der Waals surface area (Å²) in [4.78, 5) is 20.5. The third-order valence-corrected chi connectivity index (χ3v) is 4.22. The van der Waals surface area contributed by atoms with Crippen LogP contribution in [0.2, 0.25) is 0 Å². The highest BCUT2D eigenvalue weighted by atomic mass is 79.9. The molecule has 0 bridgehead atoms. The van der Waals surface area contributed by atoms with Gasteiger partial charge < -0.3 is 14.8 Å². The fraction of sp³-hybridized carbons (Fsp3) is 0.167. The van der Waals surface area contributed by atoms with Gasteiger partial charge in [0.05, 0.1) is 19.7 Å². The second-order valence-electron chi connectivity index (χ2n) is 5.26. The number of esters is 1. The smallest absolute Gasteiger partial charge is 0.341 e. The molecule has 0 aliphatic rings. The van der Waals surface area contributed by atoms with Crippen molar-refractivity contribution >= 4 is 38.6 Å². The monoisotopic (exact) mass is 401 g/mol. The molecule has 0 atom stereocenters. The summed E-state index contributed by atoms with van der Waals surface area (Å²) in [5, 5.41) is 4.20. The second-order valence-corrected chi connectivity index (χ2v) is 6.18. The van der Waals surface area contributed by atoms with Crippen LogP contribution < -0.4 is 10.1 Å². The summed E-state index contributed by atoms with van der Waals surface area (Å²) in [6.07, 6.45) is 1.52. The van der Waals surface area contributed by atoms with Crippen molar-refractivity contribution in [2.45, 2.75) is 6.54 Å². The van der Waals surface area contributed by atoms with Crippen LogP contribution in [0.25, 0.3) is 10.9 Å². The molecule has 0 saturated heterocycles. The molecule has 1 heterocycles. The zero-order valence-corrected chi connectivity index (χ0v) is 15.3. The van der Waals surface area contributed by atoms with E-state index in [0.29, 0.717) is 17.9 Å². The first kappa shape index (κ1) is 17.2. The van der Waals surface area contributed by atoms with Crippen molar-refractivity contribution in [2.24, 2.45) is 0 Å². The quantitative estimate of drug-likeness (QED) is 0.655. The van der Waals surface area contributed by atoms with Crippen molar-refractivity contribution in [3.8, 4) is 5.75 Å². The highest BCUT2D eigenvalue weighted by Crippen LogP contribution is 2.25. The van der Waals surface area contributed by atoms with Crippen molar-refractivity contribution in [3.05, 3.63) is 58.3 Å². The van der Waals surface area contributed by atoms with Gasteiger partial charge >= 0.3 is 5.97 Å². The van der Waals surface area contributed by atoms with Crippen LogP contribution in [-0.2, 0) is 11.3 Å². The van der Waals surface area contributed by atoms with E-state index in [0.717, 1.165) is 26.8 Å². The Morgan fingerprint density at radius 2 is 2.00 bits per heavy atom. The number of hydrogen-bond acceptors (Lipinski definition) is 6. The summed E-state index contributed by atoms with van der Waals surface area (Å²) in [6.45, 7) is 0.493. The number of methoxy groups -OCH3 is 2. The molecule has 7 heteroatoms. The van der Waals surface area contributed by atoms with E-state index < -0.39 is 5.97 Å². The molecule has 3 rings (SSSR count). The zero-order chi connectivity index (χ0) is 17.8. The van der Waals surface area contributed by atoms with Crippen molar-refractivity contribution in [1.29, 1.82) is 0 Å². The lowest BCUT2D eigenvalue weighted by Crippen LogP contribution is -2.07. The molecule has 25 heavy (non-hydrogen) atoms. The Hall–Kier alpha value is -2.67. The number of benzene rings is 2. The zero-order valence-electron chi connectivity index (χ0n) is 13.7. The molecule has 2 aromatic carbocycles. The van der Waals surface area contributed by atoms with E-state index in [4.69, 9.17) is 9.47 Å². The van der Waals surface area contributed by atoms with Gasteiger partial charge in [-0.2, -0.15) is 0 Å². The summed E-state index contributed by atoms with van der Waals surface area (Å²) < 4.78 is 11.0. The fourth-order valence-corrected chi connectivity index (χ4v) is 2.85. The van der Waals surface area contributed by atoms with E-state index in [1.165, 1.54) is 20.5 Å². The average Bonchev–Trinajstić information content (AvgIpc) is 2.65. The Morgan fingerprint density at radius 1 is 1.16 bits per heavy atom. The van der Waals surface area contributed by atoms with Crippen LogP contribution in [0.4, 0.5) is 5.82 Å². The number of carbonyl (C=O) groups excluding carboxylic acids is 1. The molecule has 0 spiro atoms. The summed E-state index contributed by atoms with van der Waals surface area (Å²) >= 11 is 3.46. The summed E-state index contributed by atoms with van der Waals surface area (Å²) in [7, 11) is 2.86. The highest BCUT2D eigenvalue weighted by Gasteiger charge is 2.13. The molecule has 0 saturated carbocycles. The molecular weight excluding hydrogens is 386 g/mol.